The van der Waals surface area contributed by atoms with Gasteiger partial charge in [0.05, 0.1) is 51.7 Å². The number of cyclic esters (lactones) is 1. The fraction of sp³-hybridized carbons (Fsp3) is 0.303. The lowest BCUT2D eigenvalue weighted by atomic mass is 9.66. The number of ether oxygens (including phenoxy) is 7. The van der Waals surface area contributed by atoms with Crippen LogP contribution in [0.25, 0.3) is 11.3 Å². The van der Waals surface area contributed by atoms with Crippen LogP contribution in [0.1, 0.15) is 34.3 Å². The molecule has 234 valence electrons. The average molecular weight is 625 g/mol. The minimum absolute atomic E-state index is 0.0420. The number of rotatable bonds is 8. The Hall–Kier alpha value is -5.77. The Bertz CT molecular complexity index is 1860. The molecule has 2 aliphatic heterocycles. The highest BCUT2D eigenvalue weighted by atomic mass is 16.7. The van der Waals surface area contributed by atoms with Gasteiger partial charge < -0.3 is 33.2 Å². The molecule has 1 saturated heterocycles. The Balaban J connectivity index is 1.24. The largest absolute Gasteiger partial charge is 0.493 e. The van der Waals surface area contributed by atoms with E-state index in [0.29, 0.717) is 45.6 Å². The number of hydrogen-bond acceptors (Lipinski definition) is 12. The molecule has 0 N–H and O–H groups in total. The SMILES string of the molecule is COc1cc([C@@H]2c3cc4c(cc3[C@H](OC(=O)Cn3cc(-c5ccc(C#N)cc5)nn3)[C@H]3COC(=O)[C@H]23)OCO4)cc(OC)c1OC. The predicted octanol–water partition coefficient (Wildman–Crippen LogP) is 3.79. The maximum Gasteiger partial charge on any atom is 0.328 e. The molecular weight excluding hydrogens is 596 g/mol. The zero-order valence-electron chi connectivity index (χ0n) is 25.1. The summed E-state index contributed by atoms with van der Waals surface area (Å²) in [4.78, 5) is 26.9. The van der Waals surface area contributed by atoms with E-state index in [9.17, 15) is 9.59 Å². The van der Waals surface area contributed by atoms with Gasteiger partial charge in [-0.25, -0.2) is 4.68 Å². The molecule has 1 aliphatic carbocycles. The first-order valence-corrected chi connectivity index (χ1v) is 14.4. The standard InChI is InChI=1S/C33H28N4O9/c1-40-26-8-19(9-27(41-2)32(26)42-3)29-20-10-24-25(45-16-44-24)11-21(20)31(22-15-43-33(39)30(22)29)46-28(38)14-37-13-23(35-36-37)18-6-4-17(12-34)5-7-18/h4-11,13,22,29-31H,14-16H2,1-3H3/t22-,29+,30-,31-/m0/s1. The molecule has 13 nitrogen and oxygen atoms in total. The molecule has 0 bridgehead atoms. The highest BCUT2D eigenvalue weighted by Gasteiger charge is 2.54. The van der Waals surface area contributed by atoms with E-state index >= 15 is 0 Å². The van der Waals surface area contributed by atoms with Crippen molar-refractivity contribution in [2.45, 2.75) is 18.6 Å². The van der Waals surface area contributed by atoms with Crippen LogP contribution in [0.2, 0.25) is 0 Å². The van der Waals surface area contributed by atoms with Crippen LogP contribution < -0.4 is 23.7 Å². The van der Waals surface area contributed by atoms with Crippen molar-refractivity contribution in [1.82, 2.24) is 15.0 Å². The molecule has 4 aromatic rings. The molecule has 13 heteroatoms. The molecule has 0 unspecified atom stereocenters. The van der Waals surface area contributed by atoms with Crippen molar-refractivity contribution in [2.24, 2.45) is 11.8 Å². The third kappa shape index (κ3) is 4.88. The van der Waals surface area contributed by atoms with Gasteiger partial charge in [0.15, 0.2) is 23.0 Å². The molecule has 0 amide bonds. The van der Waals surface area contributed by atoms with Gasteiger partial charge in [-0.1, -0.05) is 17.3 Å². The van der Waals surface area contributed by atoms with Crippen molar-refractivity contribution in [1.29, 1.82) is 5.26 Å². The van der Waals surface area contributed by atoms with E-state index in [-0.39, 0.29) is 19.9 Å². The van der Waals surface area contributed by atoms with Crippen molar-refractivity contribution in [3.8, 4) is 46.1 Å². The molecular formula is C33H28N4O9. The van der Waals surface area contributed by atoms with Gasteiger partial charge in [-0.3, -0.25) is 9.59 Å². The van der Waals surface area contributed by atoms with E-state index in [1.54, 1.807) is 36.5 Å². The first-order valence-electron chi connectivity index (χ1n) is 14.4. The number of aromatic nitrogens is 3. The summed E-state index contributed by atoms with van der Waals surface area (Å²) >= 11 is 0. The molecule has 3 aromatic carbocycles. The van der Waals surface area contributed by atoms with Crippen molar-refractivity contribution in [3.05, 3.63) is 77.0 Å². The molecule has 0 spiro atoms. The number of nitrogens with zero attached hydrogens (tertiary/aromatic N) is 4. The summed E-state index contributed by atoms with van der Waals surface area (Å²) in [5.74, 6) is -0.374. The van der Waals surface area contributed by atoms with Crippen LogP contribution in [0, 0.1) is 23.2 Å². The highest BCUT2D eigenvalue weighted by molar-refractivity contribution is 5.79. The van der Waals surface area contributed by atoms with E-state index in [1.807, 2.05) is 18.2 Å². The summed E-state index contributed by atoms with van der Waals surface area (Å²) in [6.07, 6.45) is 0.800. The van der Waals surface area contributed by atoms with Gasteiger partial charge in [0.2, 0.25) is 12.5 Å². The monoisotopic (exact) mass is 624 g/mol. The lowest BCUT2D eigenvalue weighted by Crippen LogP contribution is -2.37. The minimum Gasteiger partial charge on any atom is -0.493 e. The summed E-state index contributed by atoms with van der Waals surface area (Å²) in [6.45, 7) is -0.120. The summed E-state index contributed by atoms with van der Waals surface area (Å²) in [6, 6.07) is 16.2. The quantitative estimate of drug-likeness (QED) is 0.262. The maximum absolute atomic E-state index is 13.4. The van der Waals surface area contributed by atoms with Crippen molar-refractivity contribution < 1.29 is 42.7 Å². The predicted molar refractivity (Wildman–Crippen MR) is 157 cm³/mol. The van der Waals surface area contributed by atoms with Gasteiger partial charge in [0, 0.05) is 23.0 Å². The van der Waals surface area contributed by atoms with Gasteiger partial charge >= 0.3 is 11.9 Å². The number of nitriles is 1. The van der Waals surface area contributed by atoms with Crippen molar-refractivity contribution in [3.63, 3.8) is 0 Å². The second-order valence-corrected chi connectivity index (χ2v) is 11.0. The van der Waals surface area contributed by atoms with E-state index in [2.05, 4.69) is 16.4 Å². The first-order chi connectivity index (χ1) is 22.4. The Morgan fingerprint density at radius 2 is 1.67 bits per heavy atom. The molecule has 7 rings (SSSR count). The fourth-order valence-corrected chi connectivity index (χ4v) is 6.48. The van der Waals surface area contributed by atoms with Gasteiger partial charge in [0.1, 0.15) is 18.3 Å². The lowest BCUT2D eigenvalue weighted by Gasteiger charge is -2.38. The van der Waals surface area contributed by atoms with Crippen LogP contribution >= 0.6 is 0 Å². The van der Waals surface area contributed by atoms with E-state index in [0.717, 1.165) is 16.7 Å². The van der Waals surface area contributed by atoms with Crippen LogP contribution in [0.4, 0.5) is 0 Å². The highest BCUT2D eigenvalue weighted by Crippen LogP contribution is 2.56. The summed E-state index contributed by atoms with van der Waals surface area (Å²) in [5, 5.41) is 17.3. The van der Waals surface area contributed by atoms with Crippen LogP contribution in [-0.4, -0.2) is 61.7 Å². The van der Waals surface area contributed by atoms with Gasteiger partial charge in [-0.2, -0.15) is 5.26 Å². The van der Waals surface area contributed by atoms with Crippen LogP contribution in [0.5, 0.6) is 28.7 Å². The lowest BCUT2D eigenvalue weighted by molar-refractivity contribution is -0.155. The van der Waals surface area contributed by atoms with Crippen LogP contribution in [0.3, 0.4) is 0 Å². The number of esters is 2. The Morgan fingerprint density at radius 3 is 2.33 bits per heavy atom. The molecule has 3 heterocycles. The zero-order chi connectivity index (χ0) is 31.9. The fourth-order valence-electron chi connectivity index (χ4n) is 6.48. The van der Waals surface area contributed by atoms with Gasteiger partial charge in [0.25, 0.3) is 0 Å². The molecule has 1 aromatic heterocycles. The van der Waals surface area contributed by atoms with Crippen molar-refractivity contribution in [2.75, 3.05) is 34.7 Å². The second-order valence-electron chi connectivity index (χ2n) is 11.0. The summed E-state index contributed by atoms with van der Waals surface area (Å²) < 4.78 is 41.3. The van der Waals surface area contributed by atoms with E-state index in [4.69, 9.17) is 38.4 Å². The average Bonchev–Trinajstić information content (AvgIpc) is 3.83. The van der Waals surface area contributed by atoms with Crippen LogP contribution in [-0.2, 0) is 25.6 Å². The molecule has 0 radical (unpaired) electrons. The Morgan fingerprint density at radius 1 is 0.978 bits per heavy atom. The maximum atomic E-state index is 13.4. The molecule has 3 aliphatic rings. The number of carbonyl (C=O) groups excluding carboxylic acids is 2. The molecule has 0 saturated carbocycles. The topological polar surface area (TPSA) is 153 Å². The molecule has 4 atom stereocenters. The van der Waals surface area contributed by atoms with E-state index in [1.165, 1.54) is 26.0 Å². The van der Waals surface area contributed by atoms with Crippen LogP contribution in [0.15, 0.2) is 54.7 Å². The molecule has 46 heavy (non-hydrogen) atoms. The Kier molecular flexibility index (Phi) is 7.32. The summed E-state index contributed by atoms with van der Waals surface area (Å²) in [5.41, 5.74) is 3.93. The molecule has 1 fully saturated rings. The second kappa shape index (κ2) is 11.6. The van der Waals surface area contributed by atoms with E-state index < -0.39 is 35.8 Å². The number of fused-ring (bicyclic) bond motifs is 3. The third-order valence-electron chi connectivity index (χ3n) is 8.56. The summed E-state index contributed by atoms with van der Waals surface area (Å²) in [7, 11) is 4.57. The van der Waals surface area contributed by atoms with Gasteiger partial charge in [-0.05, 0) is 47.5 Å². The zero-order valence-corrected chi connectivity index (χ0v) is 25.1. The minimum atomic E-state index is -0.826. The van der Waals surface area contributed by atoms with Crippen molar-refractivity contribution >= 4 is 11.9 Å². The number of methoxy groups -OCH3 is 3. The van der Waals surface area contributed by atoms with Gasteiger partial charge in [-0.15, -0.1) is 5.10 Å². The normalized spacial score (nSPS) is 20.6. The number of carbonyl (C=O) groups is 2. The number of hydrogen-bond donors (Lipinski definition) is 0. The first kappa shape index (κ1) is 29.0. The Labute approximate surface area is 263 Å². The third-order valence-corrected chi connectivity index (χ3v) is 8.56. The number of benzene rings is 3. The smallest absolute Gasteiger partial charge is 0.328 e.